The second-order valence-corrected chi connectivity index (χ2v) is 11.2. The maximum absolute atomic E-state index is 13.1. The number of aromatic amines is 1. The van der Waals surface area contributed by atoms with Crippen molar-refractivity contribution in [3.63, 3.8) is 0 Å². The van der Waals surface area contributed by atoms with Crippen LogP contribution >= 0.6 is 15.9 Å². The number of pyridine rings is 1. The van der Waals surface area contributed by atoms with Gasteiger partial charge in [0.05, 0.1) is 47.5 Å². The van der Waals surface area contributed by atoms with E-state index in [4.69, 9.17) is 14.2 Å². The Morgan fingerprint density at radius 3 is 2.83 bits per heavy atom. The third kappa shape index (κ3) is 6.22. The summed E-state index contributed by atoms with van der Waals surface area (Å²) in [4.78, 5) is 30.9. The number of anilines is 1. The van der Waals surface area contributed by atoms with Gasteiger partial charge < -0.3 is 24.5 Å². The number of fused-ring (bicyclic) bond motifs is 1. The molecule has 0 aliphatic carbocycles. The van der Waals surface area contributed by atoms with Crippen molar-refractivity contribution < 1.29 is 32.3 Å². The molecule has 1 amide bonds. The lowest BCUT2D eigenvalue weighted by Gasteiger charge is -2.23. The summed E-state index contributed by atoms with van der Waals surface area (Å²) in [6, 6.07) is 11.3. The van der Waals surface area contributed by atoms with Crippen LogP contribution in [0.1, 0.15) is 10.4 Å². The molecule has 0 spiro atoms. The lowest BCUT2D eigenvalue weighted by Crippen LogP contribution is -2.34. The fraction of sp³-hybridized carbons (Fsp3) is 0.200. The number of nitrogens with zero attached hydrogens (tertiary/aromatic N) is 2. The molecule has 40 heavy (non-hydrogen) atoms. The van der Waals surface area contributed by atoms with Crippen molar-refractivity contribution >= 4 is 54.3 Å². The molecule has 208 valence electrons. The van der Waals surface area contributed by atoms with Gasteiger partial charge in [-0.15, -0.1) is 0 Å². The van der Waals surface area contributed by atoms with Crippen LogP contribution in [0.25, 0.3) is 11.0 Å². The van der Waals surface area contributed by atoms with Gasteiger partial charge in [-0.25, -0.2) is 18.1 Å². The van der Waals surface area contributed by atoms with E-state index < -0.39 is 31.4 Å². The van der Waals surface area contributed by atoms with Crippen LogP contribution in [0.4, 0.5) is 11.4 Å². The van der Waals surface area contributed by atoms with Gasteiger partial charge >= 0.3 is 0 Å². The van der Waals surface area contributed by atoms with Gasteiger partial charge in [-0.1, -0.05) is 15.9 Å². The summed E-state index contributed by atoms with van der Waals surface area (Å²) in [5, 5.41) is 15.4. The van der Waals surface area contributed by atoms with Crippen molar-refractivity contribution in [2.45, 2.75) is 11.0 Å². The SMILES string of the molecule is O=C(NS(=O)(=O)c1ccc(NC[C@@H]2COCCO2)c([N+](=O)[O-])c1)c1ccc(Br)cc1Oc1cnc2[nH]ccc2c1. The third-order valence-electron chi connectivity index (χ3n) is 5.90. The number of nitro benzene ring substituents is 1. The van der Waals surface area contributed by atoms with Gasteiger partial charge in [0.2, 0.25) is 0 Å². The molecule has 0 radical (unpaired) electrons. The Labute approximate surface area is 236 Å². The van der Waals surface area contributed by atoms with E-state index >= 15 is 0 Å². The molecule has 2 aromatic heterocycles. The molecule has 3 N–H and O–H groups in total. The van der Waals surface area contributed by atoms with Crippen LogP contribution in [0.3, 0.4) is 0 Å². The van der Waals surface area contributed by atoms with E-state index in [0.717, 1.165) is 11.5 Å². The highest BCUT2D eigenvalue weighted by atomic mass is 79.9. The third-order valence-corrected chi connectivity index (χ3v) is 7.72. The number of ether oxygens (including phenoxy) is 3. The van der Waals surface area contributed by atoms with Gasteiger partial charge in [-0.05, 0) is 42.5 Å². The highest BCUT2D eigenvalue weighted by molar-refractivity contribution is 9.10. The summed E-state index contributed by atoms with van der Waals surface area (Å²) in [6.07, 6.45) is 2.87. The number of nitro groups is 1. The first-order valence-electron chi connectivity index (χ1n) is 11.9. The van der Waals surface area contributed by atoms with E-state index in [0.29, 0.717) is 35.7 Å². The molecular weight excluding hydrogens is 610 g/mol. The molecule has 1 aliphatic rings. The molecule has 1 aliphatic heterocycles. The van der Waals surface area contributed by atoms with E-state index in [1.54, 1.807) is 24.4 Å². The Balaban J connectivity index is 1.35. The molecule has 4 aromatic rings. The van der Waals surface area contributed by atoms with Gasteiger partial charge in [0.25, 0.3) is 21.6 Å². The number of hydrogen-bond acceptors (Lipinski definition) is 10. The fourth-order valence-electron chi connectivity index (χ4n) is 3.96. The number of benzene rings is 2. The van der Waals surface area contributed by atoms with E-state index in [1.807, 2.05) is 4.72 Å². The van der Waals surface area contributed by atoms with Crippen molar-refractivity contribution in [3.05, 3.63) is 81.1 Å². The Morgan fingerprint density at radius 1 is 1.20 bits per heavy atom. The van der Waals surface area contributed by atoms with E-state index in [1.165, 1.54) is 30.5 Å². The number of nitrogens with one attached hydrogen (secondary N) is 3. The lowest BCUT2D eigenvalue weighted by atomic mass is 10.2. The van der Waals surface area contributed by atoms with Crippen molar-refractivity contribution in [2.24, 2.45) is 0 Å². The number of H-pyrrole nitrogens is 1. The van der Waals surface area contributed by atoms with E-state index in [9.17, 15) is 23.3 Å². The Hall–Kier alpha value is -4.05. The molecule has 2 aromatic carbocycles. The number of hydrogen-bond donors (Lipinski definition) is 3. The summed E-state index contributed by atoms with van der Waals surface area (Å²) in [5.41, 5.74) is 0.189. The van der Waals surface area contributed by atoms with Crippen LogP contribution < -0.4 is 14.8 Å². The molecule has 13 nitrogen and oxygen atoms in total. The summed E-state index contributed by atoms with van der Waals surface area (Å²) < 4.78 is 45.4. The minimum absolute atomic E-state index is 0.0678. The first-order chi connectivity index (χ1) is 19.2. The molecule has 1 atom stereocenters. The minimum Gasteiger partial charge on any atom is -0.455 e. The first kappa shape index (κ1) is 27.5. The van der Waals surface area contributed by atoms with Crippen LogP contribution in [-0.4, -0.2) is 61.7 Å². The van der Waals surface area contributed by atoms with Crippen molar-refractivity contribution in [2.75, 3.05) is 31.7 Å². The topological polar surface area (TPSA) is 175 Å². The normalized spacial score (nSPS) is 15.5. The van der Waals surface area contributed by atoms with Crippen LogP contribution in [0.5, 0.6) is 11.5 Å². The van der Waals surface area contributed by atoms with Crippen molar-refractivity contribution in [1.29, 1.82) is 0 Å². The quantitative estimate of drug-likeness (QED) is 0.181. The predicted molar refractivity (Wildman–Crippen MR) is 147 cm³/mol. The van der Waals surface area contributed by atoms with Gasteiger partial charge in [0.1, 0.15) is 22.8 Å². The van der Waals surface area contributed by atoms with Crippen molar-refractivity contribution in [3.8, 4) is 11.5 Å². The Kier molecular flexibility index (Phi) is 7.97. The van der Waals surface area contributed by atoms with Gasteiger partial charge in [0.15, 0.2) is 0 Å². The average Bonchev–Trinajstić information content (AvgIpc) is 3.40. The first-order valence-corrected chi connectivity index (χ1v) is 14.2. The molecule has 0 unspecified atom stereocenters. The number of sulfonamides is 1. The standard InChI is InChI=1S/C25H22BrN5O8S/c26-16-1-3-20(23(10-16)39-17-9-15-5-6-27-24(15)29-12-17)25(32)30-40(35,36)19-2-4-21(22(11-19)31(33)34)28-13-18-14-37-7-8-38-18/h1-6,9-12,18,28H,7-8,13-14H2,(H,27,29)(H,30,32)/t18-/m1/s1. The number of rotatable bonds is 9. The lowest BCUT2D eigenvalue weighted by molar-refractivity contribution is -0.384. The molecule has 0 bridgehead atoms. The number of carbonyl (C=O) groups is 1. The number of amides is 1. The summed E-state index contributed by atoms with van der Waals surface area (Å²) in [5.74, 6) is -0.596. The van der Waals surface area contributed by atoms with Gasteiger partial charge in [-0.3, -0.25) is 14.9 Å². The number of aromatic nitrogens is 2. The summed E-state index contributed by atoms with van der Waals surface area (Å²) in [7, 11) is -4.50. The Morgan fingerprint density at radius 2 is 2.05 bits per heavy atom. The predicted octanol–water partition coefficient (Wildman–Crippen LogP) is 3.97. The molecule has 5 rings (SSSR count). The molecule has 3 heterocycles. The van der Waals surface area contributed by atoms with E-state index in [-0.39, 0.29) is 29.6 Å². The minimum atomic E-state index is -4.50. The van der Waals surface area contributed by atoms with Crippen LogP contribution in [-0.2, 0) is 19.5 Å². The maximum atomic E-state index is 13.1. The van der Waals surface area contributed by atoms with Gasteiger partial charge in [0, 0.05) is 28.7 Å². The summed E-state index contributed by atoms with van der Waals surface area (Å²) >= 11 is 3.32. The zero-order chi connectivity index (χ0) is 28.3. The number of carbonyl (C=O) groups excluding carboxylic acids is 1. The van der Waals surface area contributed by atoms with Crippen LogP contribution in [0, 0.1) is 10.1 Å². The molecule has 1 saturated heterocycles. The summed E-state index contributed by atoms with van der Waals surface area (Å²) in [6.45, 7) is 1.44. The van der Waals surface area contributed by atoms with Crippen LogP contribution in [0.15, 0.2) is 70.3 Å². The zero-order valence-electron chi connectivity index (χ0n) is 20.6. The second kappa shape index (κ2) is 11.6. The number of halogens is 1. The highest BCUT2D eigenvalue weighted by Gasteiger charge is 2.26. The van der Waals surface area contributed by atoms with Gasteiger partial charge in [-0.2, -0.15) is 0 Å². The highest BCUT2D eigenvalue weighted by Crippen LogP contribution is 2.31. The zero-order valence-corrected chi connectivity index (χ0v) is 23.0. The largest absolute Gasteiger partial charge is 0.455 e. The second-order valence-electron chi connectivity index (χ2n) is 8.65. The maximum Gasteiger partial charge on any atom is 0.293 e. The Bertz CT molecular complexity index is 1690. The smallest absolute Gasteiger partial charge is 0.293 e. The molecule has 1 fully saturated rings. The average molecular weight is 632 g/mol. The van der Waals surface area contributed by atoms with E-state index in [2.05, 4.69) is 31.2 Å². The fourth-order valence-corrected chi connectivity index (χ4v) is 5.29. The molecule has 0 saturated carbocycles. The molecule has 15 heteroatoms. The molecular formula is C25H22BrN5O8S. The van der Waals surface area contributed by atoms with Crippen LogP contribution in [0.2, 0.25) is 0 Å². The van der Waals surface area contributed by atoms with Crippen molar-refractivity contribution in [1.82, 2.24) is 14.7 Å². The monoisotopic (exact) mass is 631 g/mol.